The van der Waals surface area contributed by atoms with Gasteiger partial charge in [-0.15, -0.1) is 0 Å². The van der Waals surface area contributed by atoms with E-state index in [0.717, 1.165) is 0 Å². The van der Waals surface area contributed by atoms with Crippen LogP contribution in [0.4, 0.5) is 0 Å². The number of carboxylic acids is 4. The van der Waals surface area contributed by atoms with Crippen LogP contribution in [0.15, 0.2) is 60.7 Å². The molecule has 3 aromatic rings. The highest BCUT2D eigenvalue weighted by Crippen LogP contribution is 2.23. The van der Waals surface area contributed by atoms with Gasteiger partial charge in [-0.1, -0.05) is 24.3 Å². The van der Waals surface area contributed by atoms with Crippen molar-refractivity contribution in [3.8, 4) is 0 Å². The molecule has 8 heteroatoms. The fourth-order valence-electron chi connectivity index (χ4n) is 2.45. The summed E-state index contributed by atoms with van der Waals surface area (Å²) in [6.07, 6.45) is 0. The summed E-state index contributed by atoms with van der Waals surface area (Å²) in [7, 11) is 0. The molecule has 0 radical (unpaired) electrons. The van der Waals surface area contributed by atoms with Crippen molar-refractivity contribution in [3.63, 3.8) is 0 Å². The average molecular weight is 382 g/mol. The first-order chi connectivity index (χ1) is 13.2. The summed E-state index contributed by atoms with van der Waals surface area (Å²) in [5.41, 5.74) is 0.186. The molecule has 8 nitrogen and oxygen atoms in total. The first kappa shape index (κ1) is 20.1. The number of carbonyl (C=O) groups is 4. The number of hydrogen-bond acceptors (Lipinski definition) is 4. The lowest BCUT2D eigenvalue weighted by Crippen LogP contribution is -2.03. The van der Waals surface area contributed by atoms with Crippen molar-refractivity contribution in [2.24, 2.45) is 0 Å². The molecule has 0 aliphatic rings. The number of aromatic carboxylic acids is 4. The zero-order valence-electron chi connectivity index (χ0n) is 14.2. The standard InChI is InChI=1S/C12H8O4.C8H6O4/c13-11(14)8-5-1-3-7-4-2-6-9(10(7)8)12(15)16;9-7(10)5-1-2-6(4-3-5)8(11)12/h1-6H,(H,13,14)(H,15,16);1-4H,(H,9,10)(H,11,12). The van der Waals surface area contributed by atoms with Gasteiger partial charge in [0.1, 0.15) is 0 Å². The maximum absolute atomic E-state index is 11.0. The Balaban J connectivity index is 0.000000209. The van der Waals surface area contributed by atoms with Crippen molar-refractivity contribution in [2.75, 3.05) is 0 Å². The summed E-state index contributed by atoms with van der Waals surface area (Å²) in [5.74, 6) is -4.38. The Labute approximate surface area is 157 Å². The molecule has 0 amide bonds. The van der Waals surface area contributed by atoms with Crippen LogP contribution in [0.1, 0.15) is 41.4 Å². The maximum Gasteiger partial charge on any atom is 0.336 e. The van der Waals surface area contributed by atoms with Gasteiger partial charge in [0.2, 0.25) is 0 Å². The molecular formula is C20H14O8. The minimum Gasteiger partial charge on any atom is -0.478 e. The van der Waals surface area contributed by atoms with Crippen LogP contribution in [0.5, 0.6) is 0 Å². The summed E-state index contributed by atoms with van der Waals surface area (Å²) in [6, 6.07) is 14.4. The van der Waals surface area contributed by atoms with E-state index >= 15 is 0 Å². The zero-order chi connectivity index (χ0) is 20.8. The van der Waals surface area contributed by atoms with Gasteiger partial charge in [-0.2, -0.15) is 0 Å². The number of hydrogen-bond donors (Lipinski definition) is 4. The number of carboxylic acid groups (broad SMARTS) is 4. The Hall–Kier alpha value is -4.20. The highest BCUT2D eigenvalue weighted by Gasteiger charge is 2.15. The third-order valence-electron chi connectivity index (χ3n) is 3.74. The van der Waals surface area contributed by atoms with Crippen LogP contribution in [0, 0.1) is 0 Å². The quantitative estimate of drug-likeness (QED) is 0.537. The second kappa shape index (κ2) is 8.45. The Morgan fingerprint density at radius 1 is 0.500 bits per heavy atom. The Bertz CT molecular complexity index is 986. The van der Waals surface area contributed by atoms with E-state index in [-0.39, 0.29) is 27.6 Å². The first-order valence-electron chi connectivity index (χ1n) is 7.77. The van der Waals surface area contributed by atoms with Gasteiger partial charge in [-0.05, 0) is 41.8 Å². The number of benzene rings is 3. The van der Waals surface area contributed by atoms with E-state index in [1.54, 1.807) is 24.3 Å². The summed E-state index contributed by atoms with van der Waals surface area (Å²) >= 11 is 0. The van der Waals surface area contributed by atoms with Crippen LogP contribution < -0.4 is 0 Å². The van der Waals surface area contributed by atoms with Gasteiger partial charge in [0.15, 0.2) is 0 Å². The molecule has 0 atom stereocenters. The van der Waals surface area contributed by atoms with Crippen LogP contribution in [-0.2, 0) is 0 Å². The molecule has 0 aliphatic carbocycles. The van der Waals surface area contributed by atoms with Gasteiger partial charge in [-0.25, -0.2) is 19.2 Å². The van der Waals surface area contributed by atoms with Gasteiger partial charge in [0.25, 0.3) is 0 Å². The predicted octanol–water partition coefficient (Wildman–Crippen LogP) is 3.32. The van der Waals surface area contributed by atoms with E-state index in [2.05, 4.69) is 0 Å². The smallest absolute Gasteiger partial charge is 0.336 e. The molecule has 3 rings (SSSR count). The Kier molecular flexibility index (Phi) is 6.07. The molecule has 0 heterocycles. The van der Waals surface area contributed by atoms with Gasteiger partial charge in [-0.3, -0.25) is 0 Å². The summed E-state index contributed by atoms with van der Waals surface area (Å²) in [4.78, 5) is 42.7. The van der Waals surface area contributed by atoms with Crippen molar-refractivity contribution in [3.05, 3.63) is 82.9 Å². The minimum atomic E-state index is -1.13. The third kappa shape index (κ3) is 4.50. The van der Waals surface area contributed by atoms with Crippen molar-refractivity contribution >= 4 is 34.6 Å². The molecule has 3 aromatic carbocycles. The lowest BCUT2D eigenvalue weighted by Gasteiger charge is -2.05. The van der Waals surface area contributed by atoms with Crippen molar-refractivity contribution in [1.29, 1.82) is 0 Å². The molecule has 0 fully saturated rings. The van der Waals surface area contributed by atoms with Crippen LogP contribution >= 0.6 is 0 Å². The fraction of sp³-hybridized carbons (Fsp3) is 0. The van der Waals surface area contributed by atoms with Gasteiger partial charge in [0.05, 0.1) is 22.3 Å². The van der Waals surface area contributed by atoms with Crippen LogP contribution in [0.25, 0.3) is 10.8 Å². The van der Waals surface area contributed by atoms with Gasteiger partial charge >= 0.3 is 23.9 Å². The molecule has 0 aromatic heterocycles. The minimum absolute atomic E-state index is 0.00972. The van der Waals surface area contributed by atoms with Crippen molar-refractivity contribution < 1.29 is 39.6 Å². The summed E-state index contributed by atoms with van der Waals surface area (Å²) in [6.45, 7) is 0. The summed E-state index contributed by atoms with van der Waals surface area (Å²) < 4.78 is 0. The molecule has 4 N–H and O–H groups in total. The molecule has 0 spiro atoms. The van der Waals surface area contributed by atoms with E-state index in [1.807, 2.05) is 0 Å². The fourth-order valence-corrected chi connectivity index (χ4v) is 2.45. The second-order valence-electron chi connectivity index (χ2n) is 5.51. The van der Waals surface area contributed by atoms with Crippen LogP contribution in [-0.4, -0.2) is 44.3 Å². The van der Waals surface area contributed by atoms with Crippen molar-refractivity contribution in [2.45, 2.75) is 0 Å². The lowest BCUT2D eigenvalue weighted by molar-refractivity contribution is 0.0681. The van der Waals surface area contributed by atoms with Crippen molar-refractivity contribution in [1.82, 2.24) is 0 Å². The SMILES string of the molecule is O=C(O)c1ccc(C(=O)O)cc1.O=C(O)c1cccc2cccc(C(=O)O)c12. The van der Waals surface area contributed by atoms with E-state index in [9.17, 15) is 19.2 Å². The van der Waals surface area contributed by atoms with E-state index in [0.29, 0.717) is 5.39 Å². The van der Waals surface area contributed by atoms with Crippen LogP contribution in [0.3, 0.4) is 0 Å². The normalized spacial score (nSPS) is 9.86. The first-order valence-corrected chi connectivity index (χ1v) is 7.77. The number of rotatable bonds is 4. The summed E-state index contributed by atoms with van der Waals surface area (Å²) in [5, 5.41) is 35.8. The highest BCUT2D eigenvalue weighted by atomic mass is 16.4. The molecule has 0 unspecified atom stereocenters. The molecule has 28 heavy (non-hydrogen) atoms. The third-order valence-corrected chi connectivity index (χ3v) is 3.74. The highest BCUT2D eigenvalue weighted by molar-refractivity contribution is 6.12. The molecule has 0 bridgehead atoms. The Morgan fingerprint density at radius 2 is 0.857 bits per heavy atom. The molecule has 142 valence electrons. The maximum atomic E-state index is 11.0. The predicted molar refractivity (Wildman–Crippen MR) is 98.2 cm³/mol. The average Bonchev–Trinajstić information content (AvgIpc) is 2.67. The van der Waals surface area contributed by atoms with E-state index in [4.69, 9.17) is 20.4 Å². The van der Waals surface area contributed by atoms with Crippen LogP contribution in [0.2, 0.25) is 0 Å². The largest absolute Gasteiger partial charge is 0.478 e. The lowest BCUT2D eigenvalue weighted by atomic mass is 9.99. The van der Waals surface area contributed by atoms with E-state index in [1.165, 1.54) is 36.4 Å². The Morgan fingerprint density at radius 3 is 1.14 bits per heavy atom. The van der Waals surface area contributed by atoms with Gasteiger partial charge in [0, 0.05) is 5.39 Å². The molecule has 0 saturated heterocycles. The number of fused-ring (bicyclic) bond motifs is 1. The van der Waals surface area contributed by atoms with Gasteiger partial charge < -0.3 is 20.4 Å². The topological polar surface area (TPSA) is 149 Å². The zero-order valence-corrected chi connectivity index (χ0v) is 14.2. The molecule has 0 aliphatic heterocycles. The molecule has 0 saturated carbocycles. The monoisotopic (exact) mass is 382 g/mol. The van der Waals surface area contributed by atoms with E-state index < -0.39 is 23.9 Å². The molecular weight excluding hydrogens is 368 g/mol. The second-order valence-corrected chi connectivity index (χ2v) is 5.51.